The molecular formula is C13H22N4O2. The SMILES string of the molecule is CCCNC(Cc1ncc([N+](=O)[O-])cn1)CC(C)C. The van der Waals surface area contributed by atoms with E-state index in [1.165, 1.54) is 12.4 Å². The molecular weight excluding hydrogens is 244 g/mol. The first-order chi connectivity index (χ1) is 9.02. The van der Waals surface area contributed by atoms with E-state index in [0.717, 1.165) is 19.4 Å². The Balaban J connectivity index is 2.63. The van der Waals surface area contributed by atoms with Crippen molar-refractivity contribution in [2.75, 3.05) is 6.54 Å². The molecule has 106 valence electrons. The van der Waals surface area contributed by atoms with Gasteiger partial charge in [-0.1, -0.05) is 20.8 Å². The third-order valence-electron chi connectivity index (χ3n) is 2.77. The van der Waals surface area contributed by atoms with Crippen molar-refractivity contribution in [1.29, 1.82) is 0 Å². The maximum absolute atomic E-state index is 10.5. The van der Waals surface area contributed by atoms with Crippen LogP contribution in [0.5, 0.6) is 0 Å². The number of nitrogens with one attached hydrogen (secondary N) is 1. The Kier molecular flexibility index (Phi) is 6.35. The van der Waals surface area contributed by atoms with Crippen LogP contribution in [-0.2, 0) is 6.42 Å². The Bertz CT molecular complexity index is 392. The topological polar surface area (TPSA) is 81.0 Å². The number of nitro groups is 1. The van der Waals surface area contributed by atoms with Gasteiger partial charge in [-0.25, -0.2) is 9.97 Å². The third kappa shape index (κ3) is 5.74. The predicted octanol–water partition coefficient (Wildman–Crippen LogP) is 2.34. The fourth-order valence-electron chi connectivity index (χ4n) is 1.92. The summed E-state index contributed by atoms with van der Waals surface area (Å²) in [6.07, 6.45) is 5.37. The third-order valence-corrected chi connectivity index (χ3v) is 2.77. The van der Waals surface area contributed by atoms with Crippen molar-refractivity contribution in [3.8, 4) is 0 Å². The van der Waals surface area contributed by atoms with Gasteiger partial charge in [0.1, 0.15) is 18.2 Å². The van der Waals surface area contributed by atoms with Gasteiger partial charge >= 0.3 is 5.69 Å². The summed E-state index contributed by atoms with van der Waals surface area (Å²) in [6, 6.07) is 0.321. The van der Waals surface area contributed by atoms with E-state index in [2.05, 4.69) is 36.1 Å². The van der Waals surface area contributed by atoms with Gasteiger partial charge in [0.15, 0.2) is 0 Å². The zero-order valence-corrected chi connectivity index (χ0v) is 11.8. The summed E-state index contributed by atoms with van der Waals surface area (Å²) in [6.45, 7) is 7.45. The molecule has 0 spiro atoms. The van der Waals surface area contributed by atoms with E-state index in [-0.39, 0.29) is 5.69 Å². The van der Waals surface area contributed by atoms with Gasteiger partial charge in [0.25, 0.3) is 0 Å². The molecule has 1 aromatic heterocycles. The number of rotatable bonds is 8. The van der Waals surface area contributed by atoms with Crippen LogP contribution < -0.4 is 5.32 Å². The van der Waals surface area contributed by atoms with Crippen molar-refractivity contribution in [2.45, 2.75) is 46.1 Å². The fourth-order valence-corrected chi connectivity index (χ4v) is 1.92. The minimum atomic E-state index is -0.481. The summed E-state index contributed by atoms with van der Waals surface area (Å²) in [5.41, 5.74) is -0.0642. The first-order valence-corrected chi connectivity index (χ1v) is 6.71. The summed E-state index contributed by atoms with van der Waals surface area (Å²) >= 11 is 0. The van der Waals surface area contributed by atoms with Crippen LogP contribution in [-0.4, -0.2) is 27.5 Å². The van der Waals surface area contributed by atoms with E-state index in [9.17, 15) is 10.1 Å². The average Bonchev–Trinajstić information content (AvgIpc) is 2.36. The molecule has 0 radical (unpaired) electrons. The number of aromatic nitrogens is 2. The van der Waals surface area contributed by atoms with Gasteiger partial charge in [-0.05, 0) is 25.3 Å². The molecule has 1 unspecified atom stereocenters. The molecule has 0 saturated heterocycles. The zero-order chi connectivity index (χ0) is 14.3. The second-order valence-electron chi connectivity index (χ2n) is 5.10. The smallest absolute Gasteiger partial charge is 0.305 e. The predicted molar refractivity (Wildman–Crippen MR) is 73.9 cm³/mol. The van der Waals surface area contributed by atoms with Crippen LogP contribution >= 0.6 is 0 Å². The molecule has 0 aliphatic carbocycles. The lowest BCUT2D eigenvalue weighted by atomic mass is 10.0. The van der Waals surface area contributed by atoms with Crippen molar-refractivity contribution >= 4 is 5.69 Å². The van der Waals surface area contributed by atoms with Crippen LogP contribution in [0.4, 0.5) is 5.69 Å². The van der Waals surface area contributed by atoms with E-state index < -0.39 is 4.92 Å². The lowest BCUT2D eigenvalue weighted by Crippen LogP contribution is -2.33. The molecule has 1 heterocycles. The molecule has 0 amide bonds. The highest BCUT2D eigenvalue weighted by Crippen LogP contribution is 2.11. The molecule has 6 nitrogen and oxygen atoms in total. The maximum atomic E-state index is 10.5. The van der Waals surface area contributed by atoms with Crippen LogP contribution in [0.25, 0.3) is 0 Å². The van der Waals surface area contributed by atoms with Gasteiger partial charge < -0.3 is 5.32 Å². The Labute approximate surface area is 113 Å². The standard InChI is InChI=1S/C13H22N4O2/c1-4-5-14-11(6-10(2)3)7-13-15-8-12(9-16-13)17(18)19/h8-11,14H,4-7H2,1-3H3. The van der Waals surface area contributed by atoms with E-state index in [1.807, 2.05) is 0 Å². The van der Waals surface area contributed by atoms with Crippen LogP contribution in [0.2, 0.25) is 0 Å². The average molecular weight is 266 g/mol. The Morgan fingerprint density at radius 1 is 1.37 bits per heavy atom. The van der Waals surface area contributed by atoms with Gasteiger partial charge in [0, 0.05) is 12.5 Å². The molecule has 1 rings (SSSR count). The number of hydrogen-bond donors (Lipinski definition) is 1. The minimum absolute atomic E-state index is 0.0642. The highest BCUT2D eigenvalue weighted by atomic mass is 16.6. The number of nitrogens with zero attached hydrogens (tertiary/aromatic N) is 3. The second-order valence-corrected chi connectivity index (χ2v) is 5.10. The Morgan fingerprint density at radius 2 is 2.00 bits per heavy atom. The summed E-state index contributed by atoms with van der Waals surface area (Å²) in [5.74, 6) is 1.24. The van der Waals surface area contributed by atoms with Crippen LogP contribution in [0, 0.1) is 16.0 Å². The maximum Gasteiger partial charge on any atom is 0.305 e. The lowest BCUT2D eigenvalue weighted by molar-refractivity contribution is -0.385. The summed E-state index contributed by atoms with van der Waals surface area (Å²) in [5, 5.41) is 14.0. The fraction of sp³-hybridized carbons (Fsp3) is 0.692. The molecule has 1 aromatic rings. The first-order valence-electron chi connectivity index (χ1n) is 6.71. The molecule has 0 bridgehead atoms. The van der Waals surface area contributed by atoms with Crippen molar-refractivity contribution < 1.29 is 4.92 Å². The van der Waals surface area contributed by atoms with Crippen molar-refractivity contribution in [3.05, 3.63) is 28.3 Å². The molecule has 0 aliphatic rings. The monoisotopic (exact) mass is 266 g/mol. The van der Waals surface area contributed by atoms with Gasteiger partial charge in [0.2, 0.25) is 0 Å². The van der Waals surface area contributed by atoms with E-state index >= 15 is 0 Å². The summed E-state index contributed by atoms with van der Waals surface area (Å²) in [7, 11) is 0. The van der Waals surface area contributed by atoms with Crippen LogP contribution in [0.15, 0.2) is 12.4 Å². The van der Waals surface area contributed by atoms with Gasteiger partial charge in [0.05, 0.1) is 4.92 Å². The highest BCUT2D eigenvalue weighted by Gasteiger charge is 2.14. The van der Waals surface area contributed by atoms with Gasteiger partial charge in [-0.2, -0.15) is 0 Å². The second kappa shape index (κ2) is 7.78. The molecule has 1 atom stereocenters. The van der Waals surface area contributed by atoms with E-state index in [1.54, 1.807) is 0 Å². The Morgan fingerprint density at radius 3 is 2.47 bits per heavy atom. The molecule has 6 heteroatoms. The largest absolute Gasteiger partial charge is 0.314 e. The first kappa shape index (κ1) is 15.5. The zero-order valence-electron chi connectivity index (χ0n) is 11.8. The van der Waals surface area contributed by atoms with Gasteiger partial charge in [-0.15, -0.1) is 0 Å². The van der Waals surface area contributed by atoms with Crippen molar-refractivity contribution in [1.82, 2.24) is 15.3 Å². The highest BCUT2D eigenvalue weighted by molar-refractivity contribution is 5.20. The normalized spacial score (nSPS) is 12.6. The van der Waals surface area contributed by atoms with E-state index in [4.69, 9.17) is 0 Å². The quantitative estimate of drug-likeness (QED) is 0.577. The van der Waals surface area contributed by atoms with Crippen LogP contribution in [0.1, 0.15) is 39.4 Å². The van der Waals surface area contributed by atoms with Crippen molar-refractivity contribution in [2.24, 2.45) is 5.92 Å². The molecule has 0 saturated carbocycles. The van der Waals surface area contributed by atoms with Gasteiger partial charge in [-0.3, -0.25) is 10.1 Å². The molecule has 0 aliphatic heterocycles. The molecule has 19 heavy (non-hydrogen) atoms. The van der Waals surface area contributed by atoms with Crippen molar-refractivity contribution in [3.63, 3.8) is 0 Å². The summed E-state index contributed by atoms with van der Waals surface area (Å²) < 4.78 is 0. The minimum Gasteiger partial charge on any atom is -0.314 e. The Hall–Kier alpha value is -1.56. The molecule has 0 fully saturated rings. The van der Waals surface area contributed by atoms with Crippen LogP contribution in [0.3, 0.4) is 0 Å². The molecule has 1 N–H and O–H groups in total. The van der Waals surface area contributed by atoms with E-state index in [0.29, 0.717) is 24.2 Å². The molecule has 0 aromatic carbocycles. The summed E-state index contributed by atoms with van der Waals surface area (Å²) in [4.78, 5) is 18.2. The lowest BCUT2D eigenvalue weighted by Gasteiger charge is -2.19. The number of hydrogen-bond acceptors (Lipinski definition) is 5.